The Labute approximate surface area is 185 Å². The second-order valence-electron chi connectivity index (χ2n) is 6.72. The molecular weight excluding hydrogens is 479 g/mol. The fourth-order valence-electron chi connectivity index (χ4n) is 2.72. The number of amides is 1. The van der Waals surface area contributed by atoms with Gasteiger partial charge in [-0.25, -0.2) is 0 Å². The van der Waals surface area contributed by atoms with Crippen LogP contribution in [-0.2, 0) is 11.2 Å². The summed E-state index contributed by atoms with van der Waals surface area (Å²) < 4.78 is 12.1. The van der Waals surface area contributed by atoms with E-state index < -0.39 is 0 Å². The maximum Gasteiger partial charge on any atom is 0.261 e. The molecule has 2 aromatic carbocycles. The summed E-state index contributed by atoms with van der Waals surface area (Å²) in [5.41, 5.74) is 1.99. The number of nitriles is 1. The van der Waals surface area contributed by atoms with Crippen LogP contribution < -0.4 is 14.8 Å². The van der Waals surface area contributed by atoms with Gasteiger partial charge in [0, 0.05) is 6.54 Å². The summed E-state index contributed by atoms with van der Waals surface area (Å²) in [5.74, 6) is 0.846. The molecule has 0 saturated heterocycles. The summed E-state index contributed by atoms with van der Waals surface area (Å²) >= 11 is 2.16. The minimum Gasteiger partial charge on any atom is -0.493 e. The van der Waals surface area contributed by atoms with Gasteiger partial charge in [0.15, 0.2) is 11.5 Å². The van der Waals surface area contributed by atoms with Gasteiger partial charge in [0.25, 0.3) is 5.91 Å². The van der Waals surface area contributed by atoms with E-state index in [4.69, 9.17) is 9.47 Å². The van der Waals surface area contributed by atoms with Gasteiger partial charge >= 0.3 is 0 Å². The Morgan fingerprint density at radius 2 is 2.00 bits per heavy atom. The van der Waals surface area contributed by atoms with Crippen LogP contribution in [0.15, 0.2) is 48.0 Å². The van der Waals surface area contributed by atoms with Crippen molar-refractivity contribution in [2.24, 2.45) is 0 Å². The Morgan fingerprint density at radius 1 is 1.28 bits per heavy atom. The predicted molar refractivity (Wildman–Crippen MR) is 123 cm³/mol. The topological polar surface area (TPSA) is 71.3 Å². The normalized spacial score (nSPS) is 11.1. The molecule has 0 atom stereocenters. The Kier molecular flexibility index (Phi) is 9.00. The van der Waals surface area contributed by atoms with Crippen molar-refractivity contribution in [3.8, 4) is 17.6 Å². The summed E-state index contributed by atoms with van der Waals surface area (Å²) in [6.45, 7) is 4.40. The first-order valence-corrected chi connectivity index (χ1v) is 10.5. The third-order valence-electron chi connectivity index (χ3n) is 4.05. The van der Waals surface area contributed by atoms with Crippen molar-refractivity contribution in [1.82, 2.24) is 5.32 Å². The number of aryl methyl sites for hydroxylation is 1. The highest BCUT2D eigenvalue weighted by molar-refractivity contribution is 14.1. The van der Waals surface area contributed by atoms with Crippen LogP contribution in [0.25, 0.3) is 6.08 Å². The van der Waals surface area contributed by atoms with Crippen molar-refractivity contribution in [1.29, 1.82) is 5.26 Å². The van der Waals surface area contributed by atoms with Gasteiger partial charge in [0.2, 0.25) is 0 Å². The minimum atomic E-state index is -0.378. The van der Waals surface area contributed by atoms with Gasteiger partial charge in [-0.1, -0.05) is 30.3 Å². The minimum absolute atomic E-state index is 0.00939. The van der Waals surface area contributed by atoms with Gasteiger partial charge in [-0.2, -0.15) is 5.26 Å². The highest BCUT2D eigenvalue weighted by atomic mass is 127. The third kappa shape index (κ3) is 7.09. The average molecular weight is 504 g/mol. The van der Waals surface area contributed by atoms with Crippen LogP contribution in [0.4, 0.5) is 0 Å². The van der Waals surface area contributed by atoms with Gasteiger partial charge < -0.3 is 14.8 Å². The summed E-state index contributed by atoms with van der Waals surface area (Å²) in [6, 6.07) is 15.7. The molecule has 5 nitrogen and oxygen atoms in total. The molecule has 1 N–H and O–H groups in total. The van der Waals surface area contributed by atoms with Crippen molar-refractivity contribution in [3.63, 3.8) is 0 Å². The van der Waals surface area contributed by atoms with E-state index >= 15 is 0 Å². The molecule has 152 valence electrons. The first kappa shape index (κ1) is 22.8. The molecule has 0 bridgehead atoms. The molecular formula is C23H25IN2O3. The molecule has 0 unspecified atom stereocenters. The molecule has 1 amide bonds. The largest absolute Gasteiger partial charge is 0.493 e. The van der Waals surface area contributed by atoms with E-state index in [1.54, 1.807) is 19.3 Å². The van der Waals surface area contributed by atoms with E-state index in [2.05, 4.69) is 40.0 Å². The molecule has 0 saturated carbocycles. The van der Waals surface area contributed by atoms with Gasteiger partial charge in [0.05, 0.1) is 16.8 Å². The van der Waals surface area contributed by atoms with Crippen molar-refractivity contribution >= 4 is 34.6 Å². The van der Waals surface area contributed by atoms with Gasteiger partial charge in [0.1, 0.15) is 11.6 Å². The zero-order valence-corrected chi connectivity index (χ0v) is 19.0. The second kappa shape index (κ2) is 11.5. The Hall–Kier alpha value is -2.53. The number of methoxy groups -OCH3 is 1. The predicted octanol–water partition coefficient (Wildman–Crippen LogP) is 4.74. The fraction of sp³-hybridized carbons (Fsp3) is 0.304. The standard InChI is InChI=1S/C23H25IN2O3/c1-16(2)29-22-20(24)13-18(14-21(22)28-3)12-19(15-25)23(27)26-11-7-10-17-8-5-4-6-9-17/h4-6,8-9,12-14,16H,7,10-11H2,1-3H3,(H,26,27)/b19-12-. The van der Waals surface area contributed by atoms with E-state index in [0.29, 0.717) is 23.6 Å². The molecule has 0 aliphatic heterocycles. The maximum atomic E-state index is 12.4. The number of hydrogen-bond acceptors (Lipinski definition) is 4. The second-order valence-corrected chi connectivity index (χ2v) is 7.88. The Morgan fingerprint density at radius 3 is 2.62 bits per heavy atom. The van der Waals surface area contributed by atoms with Crippen LogP contribution in [-0.4, -0.2) is 25.7 Å². The molecule has 0 heterocycles. The van der Waals surface area contributed by atoms with Crippen LogP contribution in [0.3, 0.4) is 0 Å². The van der Waals surface area contributed by atoms with Gasteiger partial charge in [-0.15, -0.1) is 0 Å². The molecule has 29 heavy (non-hydrogen) atoms. The van der Waals surface area contributed by atoms with E-state index in [1.807, 2.05) is 44.2 Å². The molecule has 0 aromatic heterocycles. The van der Waals surface area contributed by atoms with Crippen LogP contribution in [0.2, 0.25) is 0 Å². The number of ether oxygens (including phenoxy) is 2. The van der Waals surface area contributed by atoms with Crippen LogP contribution in [0, 0.1) is 14.9 Å². The summed E-state index contributed by atoms with van der Waals surface area (Å²) in [4.78, 5) is 12.4. The molecule has 2 rings (SSSR count). The molecule has 0 aliphatic carbocycles. The van der Waals surface area contributed by atoms with Crippen molar-refractivity contribution in [2.45, 2.75) is 32.8 Å². The quantitative estimate of drug-likeness (QED) is 0.232. The van der Waals surface area contributed by atoms with Crippen molar-refractivity contribution < 1.29 is 14.3 Å². The zero-order chi connectivity index (χ0) is 21.2. The first-order valence-electron chi connectivity index (χ1n) is 9.42. The van der Waals surface area contributed by atoms with E-state index in [-0.39, 0.29) is 17.6 Å². The van der Waals surface area contributed by atoms with Gasteiger partial charge in [-0.05, 0) is 78.6 Å². The number of hydrogen-bond donors (Lipinski definition) is 1. The summed E-state index contributed by atoms with van der Waals surface area (Å²) in [5, 5.41) is 12.2. The molecule has 2 aromatic rings. The number of nitrogens with one attached hydrogen (secondary N) is 1. The zero-order valence-electron chi connectivity index (χ0n) is 16.9. The van der Waals surface area contributed by atoms with Crippen molar-refractivity contribution in [3.05, 3.63) is 62.7 Å². The van der Waals surface area contributed by atoms with E-state index in [0.717, 1.165) is 16.4 Å². The average Bonchev–Trinajstić information content (AvgIpc) is 2.71. The summed E-state index contributed by atoms with van der Waals surface area (Å²) in [6.07, 6.45) is 3.26. The van der Waals surface area contributed by atoms with E-state index in [9.17, 15) is 10.1 Å². The highest BCUT2D eigenvalue weighted by Gasteiger charge is 2.14. The lowest BCUT2D eigenvalue weighted by Crippen LogP contribution is -2.25. The molecule has 0 spiro atoms. The Balaban J connectivity index is 2.05. The number of carbonyl (C=O) groups excluding carboxylic acids is 1. The number of halogens is 1. The maximum absolute atomic E-state index is 12.4. The number of rotatable bonds is 9. The highest BCUT2D eigenvalue weighted by Crippen LogP contribution is 2.35. The molecule has 0 radical (unpaired) electrons. The Bertz CT molecular complexity index is 902. The van der Waals surface area contributed by atoms with E-state index in [1.165, 1.54) is 5.56 Å². The first-order chi connectivity index (χ1) is 13.9. The number of carbonyl (C=O) groups is 1. The monoisotopic (exact) mass is 504 g/mol. The lowest BCUT2D eigenvalue weighted by Gasteiger charge is -2.16. The molecule has 0 aliphatic rings. The lowest BCUT2D eigenvalue weighted by molar-refractivity contribution is -0.117. The number of benzene rings is 2. The SMILES string of the molecule is COc1cc(/C=C(/C#N)C(=O)NCCCc2ccccc2)cc(I)c1OC(C)C. The van der Waals surface area contributed by atoms with Crippen LogP contribution >= 0.6 is 22.6 Å². The smallest absolute Gasteiger partial charge is 0.261 e. The van der Waals surface area contributed by atoms with Crippen LogP contribution in [0.1, 0.15) is 31.4 Å². The fourth-order valence-corrected chi connectivity index (χ4v) is 3.48. The van der Waals surface area contributed by atoms with Gasteiger partial charge in [-0.3, -0.25) is 4.79 Å². The number of nitrogens with zero attached hydrogens (tertiary/aromatic N) is 1. The molecule has 6 heteroatoms. The van der Waals surface area contributed by atoms with Crippen molar-refractivity contribution in [2.75, 3.05) is 13.7 Å². The third-order valence-corrected chi connectivity index (χ3v) is 4.85. The lowest BCUT2D eigenvalue weighted by atomic mass is 10.1. The van der Waals surface area contributed by atoms with Crippen LogP contribution in [0.5, 0.6) is 11.5 Å². The summed E-state index contributed by atoms with van der Waals surface area (Å²) in [7, 11) is 1.57. The molecule has 0 fully saturated rings.